The Kier molecular flexibility index (Phi) is 2.27. The van der Waals surface area contributed by atoms with Gasteiger partial charge in [0, 0.05) is 12.3 Å². The maximum Gasteiger partial charge on any atom is 0.175 e. The Bertz CT molecular complexity index is 596. The van der Waals surface area contributed by atoms with Gasteiger partial charge in [0.1, 0.15) is 5.75 Å². The topological polar surface area (TPSA) is 70.2 Å². The number of carbonyl (C=O) groups is 2. The average molecular weight is 217 g/mol. The zero-order chi connectivity index (χ0) is 11.9. The van der Waals surface area contributed by atoms with Crippen LogP contribution in [-0.4, -0.2) is 21.7 Å². The molecule has 0 spiro atoms. The van der Waals surface area contributed by atoms with Crippen LogP contribution in [0.4, 0.5) is 0 Å². The van der Waals surface area contributed by atoms with Crippen LogP contribution in [0.5, 0.6) is 5.75 Å². The minimum Gasteiger partial charge on any atom is -0.507 e. The van der Waals surface area contributed by atoms with Crippen LogP contribution < -0.4 is 0 Å². The number of ketones is 2. The maximum absolute atomic E-state index is 11.4. The fraction of sp³-hybridized carbons (Fsp3) is 0.167. The van der Waals surface area contributed by atoms with Crippen molar-refractivity contribution < 1.29 is 14.7 Å². The number of H-pyrrole nitrogens is 1. The summed E-state index contributed by atoms with van der Waals surface area (Å²) in [5, 5.41) is 10.3. The second-order valence-corrected chi connectivity index (χ2v) is 3.72. The van der Waals surface area contributed by atoms with E-state index in [4.69, 9.17) is 0 Å². The maximum atomic E-state index is 11.4. The highest BCUT2D eigenvalue weighted by Gasteiger charge is 2.14. The molecule has 1 aromatic carbocycles. The van der Waals surface area contributed by atoms with Crippen molar-refractivity contribution in [1.29, 1.82) is 0 Å². The van der Waals surface area contributed by atoms with E-state index in [-0.39, 0.29) is 22.9 Å². The molecule has 0 amide bonds. The van der Waals surface area contributed by atoms with Crippen molar-refractivity contribution in [3.05, 3.63) is 29.5 Å². The molecule has 0 aliphatic carbocycles. The van der Waals surface area contributed by atoms with Crippen molar-refractivity contribution in [2.45, 2.75) is 13.8 Å². The quantitative estimate of drug-likeness (QED) is 0.758. The Morgan fingerprint density at radius 2 is 1.88 bits per heavy atom. The largest absolute Gasteiger partial charge is 0.507 e. The molecule has 0 saturated carbocycles. The molecule has 2 aromatic rings. The minimum absolute atomic E-state index is 0.0723. The summed E-state index contributed by atoms with van der Waals surface area (Å²) in [6.07, 6.45) is 0. The third kappa shape index (κ3) is 1.48. The van der Waals surface area contributed by atoms with Crippen molar-refractivity contribution in [3.63, 3.8) is 0 Å². The first-order valence-electron chi connectivity index (χ1n) is 4.87. The summed E-state index contributed by atoms with van der Waals surface area (Å²) in [7, 11) is 0. The van der Waals surface area contributed by atoms with E-state index in [1.54, 1.807) is 12.1 Å². The number of hydrogen-bond donors (Lipinski definition) is 2. The summed E-state index contributed by atoms with van der Waals surface area (Å²) < 4.78 is 0. The predicted octanol–water partition coefficient (Wildman–Crippen LogP) is 2.28. The Labute approximate surface area is 91.9 Å². The fourth-order valence-corrected chi connectivity index (χ4v) is 1.74. The zero-order valence-corrected chi connectivity index (χ0v) is 9.00. The van der Waals surface area contributed by atoms with Crippen LogP contribution in [0.2, 0.25) is 0 Å². The highest BCUT2D eigenvalue weighted by molar-refractivity contribution is 6.10. The highest BCUT2D eigenvalue weighted by Crippen LogP contribution is 2.27. The summed E-state index contributed by atoms with van der Waals surface area (Å²) in [4.78, 5) is 25.5. The van der Waals surface area contributed by atoms with Gasteiger partial charge in [0.05, 0.1) is 16.8 Å². The molecule has 0 saturated heterocycles. The third-order valence-electron chi connectivity index (χ3n) is 2.51. The number of nitrogens with one attached hydrogen (secondary N) is 1. The van der Waals surface area contributed by atoms with Crippen LogP contribution in [0, 0.1) is 0 Å². The average Bonchev–Trinajstić information content (AvgIpc) is 2.60. The lowest BCUT2D eigenvalue weighted by atomic mass is 10.1. The molecular weight excluding hydrogens is 206 g/mol. The molecule has 0 radical (unpaired) electrons. The molecule has 0 unspecified atom stereocenters. The monoisotopic (exact) mass is 217 g/mol. The standard InChI is InChI=1S/C12H11NO3/c1-6(14)9-5-8-3-4-10(16)11(7(2)15)12(8)13-9/h3-5,13,16H,1-2H3. The lowest BCUT2D eigenvalue weighted by molar-refractivity contribution is 0.1000. The zero-order valence-electron chi connectivity index (χ0n) is 9.00. The molecule has 1 aromatic heterocycles. The molecule has 2 N–H and O–H groups in total. The van der Waals surface area contributed by atoms with E-state index < -0.39 is 0 Å². The first-order chi connectivity index (χ1) is 7.50. The number of rotatable bonds is 2. The summed E-state index contributed by atoms with van der Waals surface area (Å²) in [5.74, 6) is -0.415. The molecule has 0 aliphatic rings. The Hall–Kier alpha value is -2.10. The molecular formula is C12H11NO3. The van der Waals surface area contributed by atoms with Crippen molar-refractivity contribution in [2.24, 2.45) is 0 Å². The number of carbonyl (C=O) groups excluding carboxylic acids is 2. The first kappa shape index (κ1) is 10.4. The number of aromatic nitrogens is 1. The number of aromatic amines is 1. The summed E-state index contributed by atoms with van der Waals surface area (Å²) in [6.45, 7) is 2.82. The van der Waals surface area contributed by atoms with Gasteiger partial charge in [-0.3, -0.25) is 9.59 Å². The van der Waals surface area contributed by atoms with Gasteiger partial charge < -0.3 is 10.1 Å². The molecule has 82 valence electrons. The molecule has 4 heteroatoms. The van der Waals surface area contributed by atoms with Crippen molar-refractivity contribution in [1.82, 2.24) is 4.98 Å². The van der Waals surface area contributed by atoms with Crippen LogP contribution in [0.15, 0.2) is 18.2 Å². The Morgan fingerprint density at radius 3 is 2.44 bits per heavy atom. The molecule has 0 bridgehead atoms. The summed E-state index contributed by atoms with van der Waals surface area (Å²) >= 11 is 0. The van der Waals surface area contributed by atoms with E-state index in [1.165, 1.54) is 19.9 Å². The second kappa shape index (κ2) is 3.48. The molecule has 16 heavy (non-hydrogen) atoms. The van der Waals surface area contributed by atoms with Crippen LogP contribution in [0.3, 0.4) is 0 Å². The molecule has 0 atom stereocenters. The van der Waals surface area contributed by atoms with Crippen LogP contribution in [0.1, 0.15) is 34.7 Å². The van der Waals surface area contributed by atoms with Crippen molar-refractivity contribution in [3.8, 4) is 5.75 Å². The van der Waals surface area contributed by atoms with Crippen LogP contribution in [-0.2, 0) is 0 Å². The number of phenolic OH excluding ortho intramolecular Hbond substituents is 1. The number of phenols is 1. The van der Waals surface area contributed by atoms with Gasteiger partial charge in [-0.2, -0.15) is 0 Å². The minimum atomic E-state index is -0.236. The Balaban J connectivity index is 2.82. The SMILES string of the molecule is CC(=O)c1cc2ccc(O)c(C(C)=O)c2[nH]1. The second-order valence-electron chi connectivity index (χ2n) is 3.72. The Morgan fingerprint density at radius 1 is 1.19 bits per heavy atom. The van der Waals surface area contributed by atoms with Gasteiger partial charge >= 0.3 is 0 Å². The third-order valence-corrected chi connectivity index (χ3v) is 2.51. The molecule has 2 rings (SSSR count). The van der Waals surface area contributed by atoms with E-state index in [0.29, 0.717) is 11.2 Å². The first-order valence-corrected chi connectivity index (χ1v) is 4.87. The molecule has 1 heterocycles. The lowest BCUT2D eigenvalue weighted by Gasteiger charge is -2.01. The predicted molar refractivity (Wildman–Crippen MR) is 60.0 cm³/mol. The highest BCUT2D eigenvalue weighted by atomic mass is 16.3. The molecule has 0 fully saturated rings. The van der Waals surface area contributed by atoms with Gasteiger partial charge in [0.2, 0.25) is 0 Å². The van der Waals surface area contributed by atoms with Gasteiger partial charge in [0.25, 0.3) is 0 Å². The van der Waals surface area contributed by atoms with Gasteiger partial charge in [0.15, 0.2) is 11.6 Å². The number of hydrogen-bond acceptors (Lipinski definition) is 3. The molecule has 4 nitrogen and oxygen atoms in total. The summed E-state index contributed by atoms with van der Waals surface area (Å²) in [5.41, 5.74) is 1.17. The number of aromatic hydroxyl groups is 1. The number of fused-ring (bicyclic) bond motifs is 1. The van der Waals surface area contributed by atoms with Crippen LogP contribution >= 0.6 is 0 Å². The lowest BCUT2D eigenvalue weighted by Crippen LogP contribution is -1.95. The van der Waals surface area contributed by atoms with Crippen LogP contribution in [0.25, 0.3) is 10.9 Å². The van der Waals surface area contributed by atoms with Gasteiger partial charge in [-0.1, -0.05) is 0 Å². The van der Waals surface area contributed by atoms with Crippen molar-refractivity contribution >= 4 is 22.5 Å². The molecule has 0 aliphatic heterocycles. The van der Waals surface area contributed by atoms with Gasteiger partial charge in [-0.25, -0.2) is 0 Å². The van der Waals surface area contributed by atoms with Crippen molar-refractivity contribution in [2.75, 3.05) is 0 Å². The van der Waals surface area contributed by atoms with E-state index in [9.17, 15) is 14.7 Å². The fourth-order valence-electron chi connectivity index (χ4n) is 1.74. The summed E-state index contributed by atoms with van der Waals surface area (Å²) in [6, 6.07) is 4.79. The van der Waals surface area contributed by atoms with Gasteiger partial charge in [-0.05, 0) is 25.1 Å². The number of Topliss-reactive ketones (excluding diaryl/α,β-unsaturated/α-hetero) is 2. The number of benzene rings is 1. The van der Waals surface area contributed by atoms with E-state index in [1.807, 2.05) is 0 Å². The van der Waals surface area contributed by atoms with E-state index in [2.05, 4.69) is 4.98 Å². The van der Waals surface area contributed by atoms with E-state index in [0.717, 1.165) is 5.39 Å². The normalized spacial score (nSPS) is 10.6. The smallest absolute Gasteiger partial charge is 0.175 e. The van der Waals surface area contributed by atoms with Gasteiger partial charge in [-0.15, -0.1) is 0 Å². The van der Waals surface area contributed by atoms with E-state index >= 15 is 0 Å².